The molecule has 104 valence electrons. The number of methoxy groups -OCH3 is 1. The number of fused-ring (bicyclic) bond motifs is 2. The molecule has 4 aromatic rings. The molecule has 21 heavy (non-hydrogen) atoms. The third-order valence-corrected chi connectivity index (χ3v) is 3.95. The molecule has 2 heterocycles. The number of benzene rings is 2. The second-order valence-corrected chi connectivity index (χ2v) is 5.43. The highest BCUT2D eigenvalue weighted by molar-refractivity contribution is 6.31. The Balaban J connectivity index is 1.99. The molecule has 0 bridgehead atoms. The normalized spacial score (nSPS) is 11.3. The summed E-state index contributed by atoms with van der Waals surface area (Å²) in [6.45, 7) is 0. The lowest BCUT2D eigenvalue weighted by Crippen LogP contribution is -1.85. The Bertz CT molecular complexity index is 952. The van der Waals surface area contributed by atoms with Crippen LogP contribution in [0, 0.1) is 0 Å². The topological polar surface area (TPSA) is 40.8 Å². The van der Waals surface area contributed by atoms with Crippen LogP contribution in [0.25, 0.3) is 33.2 Å². The van der Waals surface area contributed by atoms with Crippen LogP contribution >= 0.6 is 11.6 Å². The average molecular weight is 297 g/mol. The smallest absolute Gasteiger partial charge is 0.153 e. The highest BCUT2D eigenvalue weighted by atomic mass is 35.5. The first-order valence-corrected chi connectivity index (χ1v) is 7.07. The molecule has 0 radical (unpaired) electrons. The van der Waals surface area contributed by atoms with Crippen molar-refractivity contribution in [3.05, 3.63) is 53.6 Å². The van der Waals surface area contributed by atoms with Gasteiger partial charge in [0.15, 0.2) is 5.75 Å². The number of halogens is 1. The van der Waals surface area contributed by atoms with Crippen molar-refractivity contribution in [1.29, 1.82) is 0 Å². The minimum atomic E-state index is 0.733. The zero-order chi connectivity index (χ0) is 14.4. The second-order valence-electron chi connectivity index (χ2n) is 4.99. The predicted molar refractivity (Wildman–Crippen MR) is 87.2 cm³/mol. The van der Waals surface area contributed by atoms with Crippen molar-refractivity contribution < 1.29 is 4.74 Å². The Kier molecular flexibility index (Phi) is 2.69. The number of nitrogens with one attached hydrogen (secondary N) is 2. The summed E-state index contributed by atoms with van der Waals surface area (Å²) in [6, 6.07) is 16.0. The monoisotopic (exact) mass is 296 g/mol. The van der Waals surface area contributed by atoms with Gasteiger partial charge in [-0.3, -0.25) is 0 Å². The van der Waals surface area contributed by atoms with Gasteiger partial charge in [-0.05, 0) is 36.4 Å². The number of rotatable bonds is 2. The SMILES string of the molecule is COc1c(-c2cc3cc(Cl)ccc3[nH]2)[nH]c2ccccc12. The molecule has 4 rings (SSSR count). The van der Waals surface area contributed by atoms with Gasteiger partial charge in [0, 0.05) is 26.8 Å². The highest BCUT2D eigenvalue weighted by Crippen LogP contribution is 2.37. The van der Waals surface area contributed by atoms with Gasteiger partial charge >= 0.3 is 0 Å². The van der Waals surface area contributed by atoms with Crippen LogP contribution in [0.5, 0.6) is 5.75 Å². The van der Waals surface area contributed by atoms with Crippen molar-refractivity contribution in [2.45, 2.75) is 0 Å². The molecule has 0 spiro atoms. The van der Waals surface area contributed by atoms with E-state index >= 15 is 0 Å². The molecule has 0 unspecified atom stereocenters. The van der Waals surface area contributed by atoms with E-state index in [1.165, 1.54) is 0 Å². The quantitative estimate of drug-likeness (QED) is 0.538. The van der Waals surface area contributed by atoms with Crippen LogP contribution in [-0.2, 0) is 0 Å². The Morgan fingerprint density at radius 1 is 0.952 bits per heavy atom. The fourth-order valence-electron chi connectivity index (χ4n) is 2.76. The molecule has 0 saturated carbocycles. The fraction of sp³-hybridized carbons (Fsp3) is 0.0588. The number of aromatic amines is 2. The molecule has 0 amide bonds. The van der Waals surface area contributed by atoms with Crippen LogP contribution in [0.15, 0.2) is 48.5 Å². The average Bonchev–Trinajstić information content (AvgIpc) is 3.06. The van der Waals surface area contributed by atoms with Gasteiger partial charge in [-0.25, -0.2) is 0 Å². The van der Waals surface area contributed by atoms with E-state index in [-0.39, 0.29) is 0 Å². The zero-order valence-electron chi connectivity index (χ0n) is 11.4. The van der Waals surface area contributed by atoms with Crippen molar-refractivity contribution >= 4 is 33.4 Å². The lowest BCUT2D eigenvalue weighted by Gasteiger charge is -2.00. The first kappa shape index (κ1) is 12.4. The van der Waals surface area contributed by atoms with Gasteiger partial charge in [-0.15, -0.1) is 0 Å². The molecular formula is C17H13ClN2O. The number of aromatic nitrogens is 2. The van der Waals surface area contributed by atoms with Crippen molar-refractivity contribution in [2.75, 3.05) is 7.11 Å². The lowest BCUT2D eigenvalue weighted by molar-refractivity contribution is 0.421. The van der Waals surface area contributed by atoms with Gasteiger partial charge in [-0.2, -0.15) is 0 Å². The molecule has 0 saturated heterocycles. The molecule has 0 atom stereocenters. The zero-order valence-corrected chi connectivity index (χ0v) is 12.2. The van der Waals surface area contributed by atoms with E-state index in [4.69, 9.17) is 16.3 Å². The van der Waals surface area contributed by atoms with Crippen LogP contribution in [0.2, 0.25) is 5.02 Å². The first-order valence-electron chi connectivity index (χ1n) is 6.69. The molecule has 2 aromatic heterocycles. The van der Waals surface area contributed by atoms with Gasteiger partial charge in [0.05, 0.1) is 12.8 Å². The van der Waals surface area contributed by atoms with E-state index in [9.17, 15) is 0 Å². The maximum atomic E-state index is 6.05. The molecular weight excluding hydrogens is 284 g/mol. The number of para-hydroxylation sites is 1. The van der Waals surface area contributed by atoms with Crippen molar-refractivity contribution in [3.63, 3.8) is 0 Å². The minimum absolute atomic E-state index is 0.733. The molecule has 0 aliphatic carbocycles. The summed E-state index contributed by atoms with van der Waals surface area (Å²) < 4.78 is 5.60. The van der Waals surface area contributed by atoms with Crippen LogP contribution in [-0.4, -0.2) is 17.1 Å². The van der Waals surface area contributed by atoms with Crippen molar-refractivity contribution in [3.8, 4) is 17.1 Å². The predicted octanol–water partition coefficient (Wildman–Crippen LogP) is 4.98. The molecule has 2 N–H and O–H groups in total. The van der Waals surface area contributed by atoms with Gasteiger partial charge in [0.1, 0.15) is 5.69 Å². The third-order valence-electron chi connectivity index (χ3n) is 3.71. The van der Waals surface area contributed by atoms with Crippen LogP contribution in [0.1, 0.15) is 0 Å². The Hall–Kier alpha value is -2.39. The second kappa shape index (κ2) is 4.57. The van der Waals surface area contributed by atoms with Crippen LogP contribution in [0.4, 0.5) is 0 Å². The summed E-state index contributed by atoms with van der Waals surface area (Å²) >= 11 is 6.05. The third kappa shape index (κ3) is 1.89. The molecule has 0 aliphatic heterocycles. The van der Waals surface area contributed by atoms with E-state index in [2.05, 4.69) is 16.0 Å². The number of hydrogen-bond donors (Lipinski definition) is 2. The Morgan fingerprint density at radius 2 is 1.81 bits per heavy atom. The lowest BCUT2D eigenvalue weighted by atomic mass is 10.2. The molecule has 0 fully saturated rings. The number of ether oxygens (including phenoxy) is 1. The van der Waals surface area contributed by atoms with Gasteiger partial charge in [-0.1, -0.05) is 23.7 Å². The first-order chi connectivity index (χ1) is 10.3. The van der Waals surface area contributed by atoms with E-state index < -0.39 is 0 Å². The summed E-state index contributed by atoms with van der Waals surface area (Å²) in [5.74, 6) is 0.850. The van der Waals surface area contributed by atoms with E-state index in [1.54, 1.807) is 7.11 Å². The minimum Gasteiger partial charge on any atom is -0.494 e. The summed E-state index contributed by atoms with van der Waals surface area (Å²) in [5, 5.41) is 2.89. The summed E-state index contributed by atoms with van der Waals surface area (Å²) in [4.78, 5) is 6.82. The Labute approximate surface area is 126 Å². The standard InChI is InChI=1S/C17H13ClN2O/c1-21-17-12-4-2-3-5-14(12)20-16(17)15-9-10-8-11(18)6-7-13(10)19-15/h2-9,19-20H,1H3. The molecule has 3 nitrogen and oxygen atoms in total. The number of H-pyrrole nitrogens is 2. The number of hydrogen-bond acceptors (Lipinski definition) is 1. The Morgan fingerprint density at radius 3 is 2.67 bits per heavy atom. The summed E-state index contributed by atoms with van der Waals surface area (Å²) in [7, 11) is 1.69. The van der Waals surface area contributed by atoms with E-state index in [0.717, 1.165) is 44.0 Å². The molecule has 2 aromatic carbocycles. The van der Waals surface area contributed by atoms with Crippen molar-refractivity contribution in [2.24, 2.45) is 0 Å². The molecule has 0 aliphatic rings. The van der Waals surface area contributed by atoms with Crippen LogP contribution < -0.4 is 4.74 Å². The summed E-state index contributed by atoms with van der Waals surface area (Å²) in [5.41, 5.74) is 4.04. The highest BCUT2D eigenvalue weighted by Gasteiger charge is 2.15. The fourth-order valence-corrected chi connectivity index (χ4v) is 2.94. The summed E-state index contributed by atoms with van der Waals surface area (Å²) in [6.07, 6.45) is 0. The maximum absolute atomic E-state index is 6.05. The maximum Gasteiger partial charge on any atom is 0.153 e. The van der Waals surface area contributed by atoms with E-state index in [1.807, 2.05) is 42.5 Å². The van der Waals surface area contributed by atoms with Gasteiger partial charge in [0.2, 0.25) is 0 Å². The van der Waals surface area contributed by atoms with Gasteiger partial charge in [0.25, 0.3) is 0 Å². The van der Waals surface area contributed by atoms with Crippen LogP contribution in [0.3, 0.4) is 0 Å². The van der Waals surface area contributed by atoms with Gasteiger partial charge < -0.3 is 14.7 Å². The van der Waals surface area contributed by atoms with Crippen molar-refractivity contribution in [1.82, 2.24) is 9.97 Å². The molecule has 4 heteroatoms. The largest absolute Gasteiger partial charge is 0.494 e. The van der Waals surface area contributed by atoms with E-state index in [0.29, 0.717) is 0 Å².